The van der Waals surface area contributed by atoms with E-state index in [-0.39, 0.29) is 5.69 Å². The number of carbonyl (C=O) groups is 1. The number of alkyl halides is 3. The Hall–Kier alpha value is -3.22. The first-order valence-corrected chi connectivity index (χ1v) is 9.86. The molecule has 0 aliphatic heterocycles. The first kappa shape index (κ1) is 22.5. The predicted molar refractivity (Wildman–Crippen MR) is 115 cm³/mol. The summed E-state index contributed by atoms with van der Waals surface area (Å²) >= 11 is 0. The van der Waals surface area contributed by atoms with Gasteiger partial charge in [-0.05, 0) is 70.0 Å². The molecule has 1 aromatic heterocycles. The molecule has 31 heavy (non-hydrogen) atoms. The van der Waals surface area contributed by atoms with E-state index in [2.05, 4.69) is 5.32 Å². The maximum Gasteiger partial charge on any atom is 0.416 e. The number of nitrogens with one attached hydrogen (secondary N) is 1. The number of carbonyl (C=O) groups excluding carboxylic acids is 1. The maximum atomic E-state index is 12.9. The number of ether oxygens (including phenoxy) is 1. The quantitative estimate of drug-likeness (QED) is 0.451. The average Bonchev–Trinajstić information content (AvgIpc) is 2.98. The van der Waals surface area contributed by atoms with Gasteiger partial charge in [-0.25, -0.2) is 0 Å². The number of anilines is 1. The van der Waals surface area contributed by atoms with E-state index in [1.54, 1.807) is 6.92 Å². The third kappa shape index (κ3) is 4.60. The van der Waals surface area contributed by atoms with Crippen LogP contribution in [0.1, 0.15) is 41.9 Å². The molecule has 0 aliphatic carbocycles. The number of hydrogen-bond donors (Lipinski definition) is 1. The van der Waals surface area contributed by atoms with Gasteiger partial charge in [-0.3, -0.25) is 4.79 Å². The van der Waals surface area contributed by atoms with Gasteiger partial charge in [0.2, 0.25) is 5.91 Å². The van der Waals surface area contributed by atoms with Crippen molar-refractivity contribution in [3.63, 3.8) is 0 Å². The first-order valence-electron chi connectivity index (χ1n) is 9.86. The first-order chi connectivity index (χ1) is 14.5. The van der Waals surface area contributed by atoms with E-state index in [4.69, 9.17) is 9.15 Å². The van der Waals surface area contributed by atoms with Gasteiger partial charge in [-0.1, -0.05) is 6.07 Å². The number of fused-ring (bicyclic) bond motifs is 1. The largest absolute Gasteiger partial charge is 0.493 e. The van der Waals surface area contributed by atoms with Gasteiger partial charge in [0.1, 0.15) is 17.1 Å². The molecule has 164 valence electrons. The smallest absolute Gasteiger partial charge is 0.416 e. The van der Waals surface area contributed by atoms with E-state index < -0.39 is 17.6 Å². The fraction of sp³-hybridized carbons (Fsp3) is 0.292. The fourth-order valence-corrected chi connectivity index (χ4v) is 3.46. The third-order valence-corrected chi connectivity index (χ3v) is 5.16. The lowest BCUT2D eigenvalue weighted by molar-refractivity contribution is -0.137. The number of benzene rings is 2. The van der Waals surface area contributed by atoms with Crippen molar-refractivity contribution in [1.29, 1.82) is 0 Å². The summed E-state index contributed by atoms with van der Waals surface area (Å²) in [5, 5.41) is 3.43. The van der Waals surface area contributed by atoms with Crippen molar-refractivity contribution in [1.82, 2.24) is 0 Å². The minimum atomic E-state index is -4.48. The normalized spacial score (nSPS) is 12.3. The van der Waals surface area contributed by atoms with E-state index in [9.17, 15) is 18.0 Å². The molecule has 4 nitrogen and oxygen atoms in total. The molecule has 0 unspecified atom stereocenters. The van der Waals surface area contributed by atoms with Crippen LogP contribution >= 0.6 is 0 Å². The molecule has 3 rings (SSSR count). The number of aryl methyl sites for hydroxylation is 3. The lowest BCUT2D eigenvalue weighted by atomic mass is 9.98. The maximum absolute atomic E-state index is 12.9. The highest BCUT2D eigenvalue weighted by Gasteiger charge is 2.30. The van der Waals surface area contributed by atoms with Gasteiger partial charge in [0, 0.05) is 28.3 Å². The molecule has 0 atom stereocenters. The summed E-state index contributed by atoms with van der Waals surface area (Å²) in [4.78, 5) is 12.5. The van der Waals surface area contributed by atoms with Gasteiger partial charge in [0.05, 0.1) is 12.2 Å². The second-order valence-electron chi connectivity index (χ2n) is 7.37. The Balaban J connectivity index is 1.98. The Morgan fingerprint density at radius 1 is 1.16 bits per heavy atom. The molecule has 0 bridgehead atoms. The summed E-state index contributed by atoms with van der Waals surface area (Å²) in [6.07, 6.45) is -3.13. The van der Waals surface area contributed by atoms with Crippen LogP contribution in [0.3, 0.4) is 0 Å². The highest BCUT2D eigenvalue weighted by molar-refractivity contribution is 6.05. The van der Waals surface area contributed by atoms with Crippen molar-refractivity contribution in [2.24, 2.45) is 0 Å². The molecule has 0 saturated carbocycles. The molecule has 3 aromatic rings. The molecule has 0 spiro atoms. The molecule has 0 saturated heterocycles. The van der Waals surface area contributed by atoms with Gasteiger partial charge < -0.3 is 14.5 Å². The summed E-state index contributed by atoms with van der Waals surface area (Å²) in [6.45, 7) is 9.81. The second kappa shape index (κ2) is 8.49. The van der Waals surface area contributed by atoms with E-state index in [0.717, 1.165) is 45.6 Å². The minimum absolute atomic E-state index is 0.0712. The van der Waals surface area contributed by atoms with Crippen LogP contribution in [0, 0.1) is 20.8 Å². The van der Waals surface area contributed by atoms with Crippen LogP contribution < -0.4 is 10.1 Å². The van der Waals surface area contributed by atoms with Crippen molar-refractivity contribution in [2.75, 3.05) is 11.9 Å². The zero-order chi connectivity index (χ0) is 22.9. The molecule has 1 heterocycles. The number of rotatable bonds is 5. The minimum Gasteiger partial charge on any atom is -0.493 e. The van der Waals surface area contributed by atoms with Gasteiger partial charge >= 0.3 is 6.18 Å². The summed E-state index contributed by atoms with van der Waals surface area (Å²) in [5.41, 5.74) is 3.17. The number of halogens is 3. The van der Waals surface area contributed by atoms with Crippen LogP contribution in [-0.2, 0) is 11.0 Å². The average molecular weight is 431 g/mol. The molecule has 1 N–H and O–H groups in total. The van der Waals surface area contributed by atoms with Crippen LogP contribution in [0.15, 0.2) is 40.8 Å². The number of amides is 1. The Bertz CT molecular complexity index is 1170. The van der Waals surface area contributed by atoms with Crippen molar-refractivity contribution in [3.05, 3.63) is 64.4 Å². The topological polar surface area (TPSA) is 51.5 Å². The van der Waals surface area contributed by atoms with E-state index in [0.29, 0.717) is 17.9 Å². The molecule has 2 aromatic carbocycles. The zero-order valence-electron chi connectivity index (χ0n) is 18.0. The highest BCUT2D eigenvalue weighted by atomic mass is 19.4. The zero-order valence-corrected chi connectivity index (χ0v) is 18.0. The van der Waals surface area contributed by atoms with Crippen molar-refractivity contribution >= 4 is 28.1 Å². The molecule has 0 fully saturated rings. The highest BCUT2D eigenvalue weighted by Crippen LogP contribution is 2.39. The number of allylic oxidation sites excluding steroid dienone is 1. The van der Waals surface area contributed by atoms with Crippen LogP contribution in [0.5, 0.6) is 5.75 Å². The SMILES string of the molecule is CCOc1c(/C(C)=C/C(=O)Nc2cccc(C(F)(F)F)c2)cc2c(C)c(C)oc2c1C. The summed E-state index contributed by atoms with van der Waals surface area (Å²) in [6, 6.07) is 6.45. The van der Waals surface area contributed by atoms with E-state index in [1.165, 1.54) is 18.2 Å². The summed E-state index contributed by atoms with van der Waals surface area (Å²) in [7, 11) is 0. The van der Waals surface area contributed by atoms with Crippen molar-refractivity contribution < 1.29 is 27.1 Å². The van der Waals surface area contributed by atoms with Crippen LogP contribution in [-0.4, -0.2) is 12.5 Å². The van der Waals surface area contributed by atoms with Crippen molar-refractivity contribution in [3.8, 4) is 5.75 Å². The summed E-state index contributed by atoms with van der Waals surface area (Å²) < 4.78 is 50.4. The Labute approximate surface area is 178 Å². The van der Waals surface area contributed by atoms with E-state index in [1.807, 2.05) is 33.8 Å². The lowest BCUT2D eigenvalue weighted by Gasteiger charge is -2.15. The monoisotopic (exact) mass is 431 g/mol. The molecule has 0 aliphatic rings. The Morgan fingerprint density at radius 3 is 2.52 bits per heavy atom. The Kier molecular flexibility index (Phi) is 6.15. The van der Waals surface area contributed by atoms with Crippen molar-refractivity contribution in [2.45, 2.75) is 40.8 Å². The third-order valence-electron chi connectivity index (χ3n) is 5.16. The standard InChI is InChI=1S/C24H24F3NO3/c1-6-30-22-15(4)23-20(14(3)16(5)31-23)12-19(22)13(2)10-21(29)28-18-9-7-8-17(11-18)24(25,26)27/h7-12H,6H2,1-5H3,(H,28,29)/b13-10+. The summed E-state index contributed by atoms with van der Waals surface area (Å²) in [5.74, 6) is 0.892. The molecular formula is C24H24F3NO3. The predicted octanol–water partition coefficient (Wildman–Crippen LogP) is 6.82. The van der Waals surface area contributed by atoms with Crippen LogP contribution in [0.25, 0.3) is 16.5 Å². The van der Waals surface area contributed by atoms with Gasteiger partial charge in [-0.15, -0.1) is 0 Å². The molecule has 7 heteroatoms. The van der Waals surface area contributed by atoms with Gasteiger partial charge in [-0.2, -0.15) is 13.2 Å². The van der Waals surface area contributed by atoms with E-state index >= 15 is 0 Å². The van der Waals surface area contributed by atoms with Gasteiger partial charge in [0.25, 0.3) is 0 Å². The number of hydrogen-bond acceptors (Lipinski definition) is 3. The lowest BCUT2D eigenvalue weighted by Crippen LogP contribution is -2.11. The molecule has 0 radical (unpaired) electrons. The van der Waals surface area contributed by atoms with Crippen LogP contribution in [0.4, 0.5) is 18.9 Å². The second-order valence-corrected chi connectivity index (χ2v) is 7.37. The Morgan fingerprint density at radius 2 is 1.87 bits per heavy atom. The number of furan rings is 1. The fourth-order valence-electron chi connectivity index (χ4n) is 3.46. The molecular weight excluding hydrogens is 407 g/mol. The molecule has 1 amide bonds. The van der Waals surface area contributed by atoms with Crippen LogP contribution in [0.2, 0.25) is 0 Å². The van der Waals surface area contributed by atoms with Gasteiger partial charge in [0.15, 0.2) is 0 Å².